The Balaban J connectivity index is 1.70. The van der Waals surface area contributed by atoms with E-state index in [0.717, 1.165) is 43.0 Å². The first-order valence-corrected chi connectivity index (χ1v) is 10.5. The summed E-state index contributed by atoms with van der Waals surface area (Å²) in [5.41, 5.74) is -1.21. The normalized spacial score (nSPS) is 21.5. The first-order valence-electron chi connectivity index (χ1n) is 9.03. The molecule has 2 aliphatic heterocycles. The van der Waals surface area contributed by atoms with Crippen molar-refractivity contribution in [2.75, 3.05) is 45.9 Å². The molecule has 0 unspecified atom stereocenters. The molecule has 0 spiro atoms. The highest BCUT2D eigenvalue weighted by Crippen LogP contribution is 2.34. The third-order valence-electron chi connectivity index (χ3n) is 5.07. The van der Waals surface area contributed by atoms with Gasteiger partial charge in [0.1, 0.15) is 4.90 Å². The van der Waals surface area contributed by atoms with Gasteiger partial charge in [-0.05, 0) is 37.8 Å². The van der Waals surface area contributed by atoms with E-state index >= 15 is 0 Å². The quantitative estimate of drug-likeness (QED) is 0.765. The summed E-state index contributed by atoms with van der Waals surface area (Å²) in [6, 6.07) is 2.30. The van der Waals surface area contributed by atoms with Crippen molar-refractivity contribution in [3.05, 3.63) is 23.5 Å². The lowest BCUT2D eigenvalue weighted by Crippen LogP contribution is -2.50. The van der Waals surface area contributed by atoms with Crippen molar-refractivity contribution in [3.8, 4) is 0 Å². The number of ether oxygens (including phenoxy) is 1. The maximum absolute atomic E-state index is 13.3. The summed E-state index contributed by atoms with van der Waals surface area (Å²) in [6.45, 7) is 5.15. The third-order valence-corrected chi connectivity index (χ3v) is 7.00. The summed E-state index contributed by atoms with van der Waals surface area (Å²) >= 11 is 0. The molecule has 6 nitrogen and oxygen atoms in total. The van der Waals surface area contributed by atoms with Crippen LogP contribution in [0.4, 0.5) is 13.2 Å². The number of nitrogens with zero attached hydrogens (tertiary/aromatic N) is 3. The van der Waals surface area contributed by atoms with Gasteiger partial charge in [0.2, 0.25) is 10.0 Å². The van der Waals surface area contributed by atoms with E-state index < -0.39 is 26.8 Å². The molecule has 1 aromatic heterocycles. The van der Waals surface area contributed by atoms with Crippen LogP contribution in [0.15, 0.2) is 17.0 Å². The predicted molar refractivity (Wildman–Crippen MR) is 92.7 cm³/mol. The van der Waals surface area contributed by atoms with Crippen molar-refractivity contribution >= 4 is 10.0 Å². The van der Waals surface area contributed by atoms with Crippen LogP contribution >= 0.6 is 0 Å². The second kappa shape index (κ2) is 8.02. The van der Waals surface area contributed by atoms with Crippen LogP contribution in [0.3, 0.4) is 0 Å². The van der Waals surface area contributed by atoms with Crippen LogP contribution < -0.4 is 0 Å². The molecule has 1 aromatic rings. The fourth-order valence-electron chi connectivity index (χ4n) is 3.54. The van der Waals surface area contributed by atoms with Crippen LogP contribution in [0.1, 0.15) is 24.2 Å². The average Bonchev–Trinajstić information content (AvgIpc) is 2.62. The maximum Gasteiger partial charge on any atom is 0.434 e. The van der Waals surface area contributed by atoms with Crippen LogP contribution in [0.2, 0.25) is 0 Å². The Bertz CT molecular complexity index is 756. The van der Waals surface area contributed by atoms with Gasteiger partial charge in [-0.3, -0.25) is 0 Å². The van der Waals surface area contributed by atoms with Gasteiger partial charge in [0.25, 0.3) is 0 Å². The van der Waals surface area contributed by atoms with Gasteiger partial charge in [0.15, 0.2) is 5.69 Å². The Morgan fingerprint density at radius 3 is 2.37 bits per heavy atom. The Morgan fingerprint density at radius 2 is 1.78 bits per heavy atom. The molecule has 152 valence electrons. The van der Waals surface area contributed by atoms with E-state index in [2.05, 4.69) is 9.88 Å². The number of rotatable bonds is 4. The molecular formula is C17H24F3N3O3S. The predicted octanol–water partition coefficient (Wildman–Crippen LogP) is 2.14. The molecule has 0 N–H and O–H groups in total. The molecule has 0 saturated carbocycles. The molecule has 10 heteroatoms. The highest BCUT2D eigenvalue weighted by molar-refractivity contribution is 7.89. The second-order valence-electron chi connectivity index (χ2n) is 7.06. The molecule has 0 aliphatic carbocycles. The van der Waals surface area contributed by atoms with Gasteiger partial charge in [-0.15, -0.1) is 0 Å². The summed E-state index contributed by atoms with van der Waals surface area (Å²) in [4.78, 5) is 4.86. The van der Waals surface area contributed by atoms with Crippen LogP contribution in [-0.4, -0.2) is 68.5 Å². The first kappa shape index (κ1) is 20.5. The summed E-state index contributed by atoms with van der Waals surface area (Å²) in [5, 5.41) is 0. The lowest BCUT2D eigenvalue weighted by atomic mass is 9.99. The summed E-state index contributed by atoms with van der Waals surface area (Å²) in [7, 11) is -4.24. The minimum atomic E-state index is -4.82. The van der Waals surface area contributed by atoms with Crippen molar-refractivity contribution in [2.24, 2.45) is 5.92 Å². The van der Waals surface area contributed by atoms with E-state index in [-0.39, 0.29) is 18.8 Å². The molecule has 2 aliphatic rings. The summed E-state index contributed by atoms with van der Waals surface area (Å²) in [5.74, 6) is 0.528. The molecule has 2 fully saturated rings. The van der Waals surface area contributed by atoms with Crippen molar-refractivity contribution in [2.45, 2.75) is 30.8 Å². The van der Waals surface area contributed by atoms with Gasteiger partial charge in [0.05, 0.1) is 0 Å². The second-order valence-corrected chi connectivity index (χ2v) is 8.96. The zero-order valence-corrected chi connectivity index (χ0v) is 16.0. The molecule has 2 saturated heterocycles. The minimum absolute atomic E-state index is 0.127. The Hall–Kier alpha value is -1.23. The number of hydrogen-bond acceptors (Lipinski definition) is 5. The Labute approximate surface area is 157 Å². The summed E-state index contributed by atoms with van der Waals surface area (Å²) < 4.78 is 72.0. The van der Waals surface area contributed by atoms with Gasteiger partial charge in [-0.1, -0.05) is 0 Å². The van der Waals surface area contributed by atoms with Crippen LogP contribution in [0, 0.1) is 12.8 Å². The average molecular weight is 407 g/mol. The van der Waals surface area contributed by atoms with E-state index in [1.54, 1.807) is 0 Å². The number of alkyl halides is 3. The largest absolute Gasteiger partial charge is 0.434 e. The van der Waals surface area contributed by atoms with E-state index in [1.807, 2.05) is 0 Å². The minimum Gasteiger partial charge on any atom is -0.381 e. The van der Waals surface area contributed by atoms with Gasteiger partial charge in [-0.2, -0.15) is 17.5 Å². The van der Waals surface area contributed by atoms with Crippen molar-refractivity contribution in [3.63, 3.8) is 0 Å². The van der Waals surface area contributed by atoms with Gasteiger partial charge < -0.3 is 9.64 Å². The maximum atomic E-state index is 13.3. The monoisotopic (exact) mass is 407 g/mol. The van der Waals surface area contributed by atoms with E-state index in [1.165, 1.54) is 13.0 Å². The van der Waals surface area contributed by atoms with Gasteiger partial charge in [-0.25, -0.2) is 13.4 Å². The zero-order chi connectivity index (χ0) is 19.7. The zero-order valence-electron chi connectivity index (χ0n) is 15.2. The Morgan fingerprint density at radius 1 is 1.15 bits per heavy atom. The fourth-order valence-corrected chi connectivity index (χ4v) is 5.11. The van der Waals surface area contributed by atoms with Crippen molar-refractivity contribution < 1.29 is 26.3 Å². The SMILES string of the molecule is Cc1ccc(S(=O)(=O)N2CCN(CC3CCOCC3)CC2)c(C(F)(F)F)n1. The molecule has 0 amide bonds. The molecule has 0 bridgehead atoms. The highest BCUT2D eigenvalue weighted by atomic mass is 32.2. The van der Waals surface area contributed by atoms with Crippen LogP contribution in [0.25, 0.3) is 0 Å². The standard InChI is InChI=1S/C17H24F3N3O3S/c1-13-2-3-15(16(21-13)17(18,19)20)27(24,25)23-8-6-22(7-9-23)12-14-4-10-26-11-5-14/h2-3,14H,4-12H2,1H3. The number of hydrogen-bond donors (Lipinski definition) is 0. The van der Waals surface area contributed by atoms with Crippen molar-refractivity contribution in [1.82, 2.24) is 14.2 Å². The van der Waals surface area contributed by atoms with Crippen LogP contribution in [0.5, 0.6) is 0 Å². The number of sulfonamides is 1. The topological polar surface area (TPSA) is 62.7 Å². The lowest BCUT2D eigenvalue weighted by Gasteiger charge is -2.36. The number of halogens is 3. The fraction of sp³-hybridized carbons (Fsp3) is 0.706. The molecule has 0 atom stereocenters. The van der Waals surface area contributed by atoms with E-state index in [9.17, 15) is 21.6 Å². The first-order chi connectivity index (χ1) is 12.7. The van der Waals surface area contributed by atoms with Gasteiger partial charge in [0, 0.05) is 51.6 Å². The number of piperazine rings is 1. The third kappa shape index (κ3) is 4.79. The number of aromatic nitrogens is 1. The van der Waals surface area contributed by atoms with E-state index in [4.69, 9.17) is 4.74 Å². The molecule has 0 radical (unpaired) electrons. The number of pyridine rings is 1. The molecule has 27 heavy (non-hydrogen) atoms. The van der Waals surface area contributed by atoms with Crippen molar-refractivity contribution in [1.29, 1.82) is 0 Å². The highest BCUT2D eigenvalue weighted by Gasteiger charge is 2.41. The molecule has 3 heterocycles. The number of aryl methyl sites for hydroxylation is 1. The molecule has 3 rings (SSSR count). The summed E-state index contributed by atoms with van der Waals surface area (Å²) in [6.07, 6.45) is -2.84. The van der Waals surface area contributed by atoms with Gasteiger partial charge >= 0.3 is 6.18 Å². The lowest BCUT2D eigenvalue weighted by molar-refractivity contribution is -0.143. The molecule has 0 aromatic carbocycles. The van der Waals surface area contributed by atoms with E-state index in [0.29, 0.717) is 19.0 Å². The van der Waals surface area contributed by atoms with Crippen LogP contribution in [-0.2, 0) is 20.9 Å². The Kier molecular flexibility index (Phi) is 6.09. The smallest absolute Gasteiger partial charge is 0.381 e. The molecular weight excluding hydrogens is 383 g/mol.